The molecule has 10 heteroatoms. The molecule has 1 amide bonds. The lowest BCUT2D eigenvalue weighted by molar-refractivity contribution is -0.141. The number of rotatable bonds is 9. The van der Waals surface area contributed by atoms with E-state index in [2.05, 4.69) is 10.4 Å². The molecule has 0 spiro atoms. The number of nitrogens with one attached hydrogen (secondary N) is 1. The van der Waals surface area contributed by atoms with E-state index in [9.17, 15) is 18.0 Å². The van der Waals surface area contributed by atoms with Crippen molar-refractivity contribution in [1.29, 1.82) is 0 Å². The Bertz CT molecular complexity index is 1220. The van der Waals surface area contributed by atoms with Crippen molar-refractivity contribution in [3.8, 4) is 5.75 Å². The highest BCUT2D eigenvalue weighted by Gasteiger charge is 2.41. The maximum Gasteiger partial charge on any atom is 0.436 e. The average Bonchev–Trinajstić information content (AvgIpc) is 3.59. The van der Waals surface area contributed by atoms with Crippen molar-refractivity contribution >= 4 is 29.1 Å². The van der Waals surface area contributed by atoms with Gasteiger partial charge in [-0.05, 0) is 61.6 Å². The Morgan fingerprint density at radius 2 is 1.97 bits per heavy atom. The molecule has 0 saturated heterocycles. The molecule has 1 aromatic heterocycles. The predicted molar refractivity (Wildman–Crippen MR) is 128 cm³/mol. The van der Waals surface area contributed by atoms with Crippen LogP contribution in [0.5, 0.6) is 5.75 Å². The second-order valence-electron chi connectivity index (χ2n) is 8.58. The van der Waals surface area contributed by atoms with Crippen molar-refractivity contribution in [1.82, 2.24) is 15.1 Å². The van der Waals surface area contributed by atoms with Gasteiger partial charge in [-0.15, -0.1) is 0 Å². The Morgan fingerprint density at radius 1 is 1.20 bits per heavy atom. The van der Waals surface area contributed by atoms with Gasteiger partial charge in [-0.2, -0.15) is 18.3 Å². The summed E-state index contributed by atoms with van der Waals surface area (Å²) in [5.41, 5.74) is 1.67. The van der Waals surface area contributed by atoms with Gasteiger partial charge in [0.05, 0.1) is 15.7 Å². The molecule has 1 aliphatic rings. The number of carbonyl (C=O) groups excluding carboxylic acids is 1. The van der Waals surface area contributed by atoms with E-state index in [0.717, 1.165) is 24.0 Å². The smallest absolute Gasteiger partial charge is 0.436 e. The first kappa shape index (κ1) is 25.4. The van der Waals surface area contributed by atoms with E-state index >= 15 is 0 Å². The van der Waals surface area contributed by atoms with E-state index in [4.69, 9.17) is 27.9 Å². The summed E-state index contributed by atoms with van der Waals surface area (Å²) in [6.45, 7) is 2.70. The SMILES string of the molecule is Cc1ccc(Cl)c(OCc2cccc(C(=O)NCCCn3nc(C(F)(F)F)c(Cl)c3C3CC3)c2)c1. The summed E-state index contributed by atoms with van der Waals surface area (Å²) in [6.07, 6.45) is -2.58. The summed E-state index contributed by atoms with van der Waals surface area (Å²) in [5, 5.41) is 6.71. The molecule has 1 N–H and O–H groups in total. The molecule has 2 aromatic carbocycles. The minimum Gasteiger partial charge on any atom is -0.487 e. The molecule has 4 rings (SSSR count). The van der Waals surface area contributed by atoms with Crippen LogP contribution in [0.2, 0.25) is 10.0 Å². The van der Waals surface area contributed by atoms with Crippen molar-refractivity contribution in [3.63, 3.8) is 0 Å². The van der Waals surface area contributed by atoms with Crippen molar-refractivity contribution in [2.45, 2.75) is 51.4 Å². The summed E-state index contributed by atoms with van der Waals surface area (Å²) >= 11 is 12.2. The molecular weight excluding hydrogens is 502 g/mol. The third-order valence-electron chi connectivity index (χ3n) is 5.67. The first-order chi connectivity index (χ1) is 16.6. The number of aryl methyl sites for hydroxylation is 2. The highest BCUT2D eigenvalue weighted by molar-refractivity contribution is 6.32. The monoisotopic (exact) mass is 525 g/mol. The average molecular weight is 526 g/mol. The van der Waals surface area contributed by atoms with Gasteiger partial charge in [0.1, 0.15) is 12.4 Å². The number of nitrogens with zero attached hydrogens (tertiary/aromatic N) is 2. The van der Waals surface area contributed by atoms with Gasteiger partial charge in [0, 0.05) is 24.6 Å². The molecule has 1 fully saturated rings. The summed E-state index contributed by atoms with van der Waals surface area (Å²) in [6, 6.07) is 12.5. The van der Waals surface area contributed by atoms with Crippen LogP contribution in [-0.4, -0.2) is 22.2 Å². The molecule has 0 aliphatic heterocycles. The molecule has 1 aliphatic carbocycles. The molecule has 0 atom stereocenters. The molecule has 0 bridgehead atoms. The van der Waals surface area contributed by atoms with Gasteiger partial charge in [-0.25, -0.2) is 0 Å². The lowest BCUT2D eigenvalue weighted by Crippen LogP contribution is -2.25. The fraction of sp³-hybridized carbons (Fsp3) is 0.360. The molecule has 0 unspecified atom stereocenters. The minimum absolute atomic E-state index is 0.0142. The number of hydrogen-bond acceptors (Lipinski definition) is 3. The summed E-state index contributed by atoms with van der Waals surface area (Å²) in [5.74, 6) is 0.303. The van der Waals surface area contributed by atoms with E-state index in [1.54, 1.807) is 24.3 Å². The van der Waals surface area contributed by atoms with Crippen LogP contribution < -0.4 is 10.1 Å². The number of alkyl halides is 3. The fourth-order valence-corrected chi connectivity index (χ4v) is 4.34. The third-order valence-corrected chi connectivity index (χ3v) is 6.35. The standard InChI is InChI=1S/C25H24Cl2F3N3O2/c1-15-6-9-19(26)20(12-15)35-14-16-4-2-5-18(13-16)24(34)31-10-3-11-33-22(17-7-8-17)21(27)23(32-33)25(28,29)30/h2,4-6,9,12-13,17H,3,7-8,10-11,14H2,1H3,(H,31,34). The van der Waals surface area contributed by atoms with Gasteiger partial charge < -0.3 is 10.1 Å². The topological polar surface area (TPSA) is 56.1 Å². The molecule has 0 radical (unpaired) electrons. The molecule has 5 nitrogen and oxygen atoms in total. The van der Waals surface area contributed by atoms with Crippen molar-refractivity contribution in [3.05, 3.63) is 80.6 Å². The highest BCUT2D eigenvalue weighted by Crippen LogP contribution is 2.46. The van der Waals surface area contributed by atoms with Gasteiger partial charge in [-0.3, -0.25) is 9.48 Å². The molecule has 1 saturated carbocycles. The quantitative estimate of drug-likeness (QED) is 0.313. The number of hydrogen-bond donors (Lipinski definition) is 1. The lowest BCUT2D eigenvalue weighted by Gasteiger charge is -2.11. The van der Waals surface area contributed by atoms with Crippen molar-refractivity contribution in [2.75, 3.05) is 6.54 Å². The second-order valence-corrected chi connectivity index (χ2v) is 9.36. The van der Waals surface area contributed by atoms with Crippen LogP contribution in [0.15, 0.2) is 42.5 Å². The first-order valence-corrected chi connectivity index (χ1v) is 12.0. The minimum atomic E-state index is -4.60. The number of halogens is 5. The van der Waals surface area contributed by atoms with Gasteiger partial charge in [0.15, 0.2) is 5.69 Å². The zero-order chi connectivity index (χ0) is 25.2. The van der Waals surface area contributed by atoms with Crippen LogP contribution >= 0.6 is 23.2 Å². The Balaban J connectivity index is 1.31. The highest BCUT2D eigenvalue weighted by atomic mass is 35.5. The first-order valence-electron chi connectivity index (χ1n) is 11.2. The third kappa shape index (κ3) is 6.30. The Morgan fingerprint density at radius 3 is 2.69 bits per heavy atom. The number of carbonyl (C=O) groups is 1. The molecule has 35 heavy (non-hydrogen) atoms. The van der Waals surface area contributed by atoms with Gasteiger partial charge >= 0.3 is 6.18 Å². The number of benzene rings is 2. The number of amides is 1. The lowest BCUT2D eigenvalue weighted by atomic mass is 10.1. The fourth-order valence-electron chi connectivity index (χ4n) is 3.77. The van der Waals surface area contributed by atoms with Crippen LogP contribution in [-0.2, 0) is 19.3 Å². The maximum absolute atomic E-state index is 13.2. The predicted octanol–water partition coefficient (Wildman–Crippen LogP) is 6.79. The zero-order valence-electron chi connectivity index (χ0n) is 19.0. The molecule has 1 heterocycles. The van der Waals surface area contributed by atoms with E-state index in [0.29, 0.717) is 28.5 Å². The summed E-state index contributed by atoms with van der Waals surface area (Å²) < 4.78 is 46.7. The van der Waals surface area contributed by atoms with Gasteiger partial charge in [-0.1, -0.05) is 41.4 Å². The van der Waals surface area contributed by atoms with Crippen molar-refractivity contribution < 1.29 is 22.7 Å². The van der Waals surface area contributed by atoms with E-state index in [1.165, 1.54) is 4.68 Å². The summed E-state index contributed by atoms with van der Waals surface area (Å²) in [7, 11) is 0. The number of aromatic nitrogens is 2. The van der Waals surface area contributed by atoms with Crippen LogP contribution in [0.4, 0.5) is 13.2 Å². The van der Waals surface area contributed by atoms with Crippen LogP contribution in [0.3, 0.4) is 0 Å². The molecular formula is C25H24Cl2F3N3O2. The van der Waals surface area contributed by atoms with Gasteiger partial charge in [0.2, 0.25) is 0 Å². The second kappa shape index (κ2) is 10.5. The Hall–Kier alpha value is -2.71. The molecule has 186 valence electrons. The van der Waals surface area contributed by atoms with E-state index in [-0.39, 0.29) is 36.5 Å². The van der Waals surface area contributed by atoms with Crippen LogP contribution in [0.25, 0.3) is 0 Å². The largest absolute Gasteiger partial charge is 0.487 e. The van der Waals surface area contributed by atoms with Crippen LogP contribution in [0, 0.1) is 6.92 Å². The molecule has 3 aromatic rings. The Kier molecular flexibility index (Phi) is 7.62. The summed E-state index contributed by atoms with van der Waals surface area (Å²) in [4.78, 5) is 12.6. The van der Waals surface area contributed by atoms with Crippen LogP contribution in [0.1, 0.15) is 58.1 Å². The Labute approximate surface area is 211 Å². The van der Waals surface area contributed by atoms with E-state index in [1.807, 2.05) is 25.1 Å². The van der Waals surface area contributed by atoms with Gasteiger partial charge in [0.25, 0.3) is 5.91 Å². The zero-order valence-corrected chi connectivity index (χ0v) is 20.5. The maximum atomic E-state index is 13.2. The normalized spacial score (nSPS) is 13.7. The number of ether oxygens (including phenoxy) is 1. The van der Waals surface area contributed by atoms with Crippen molar-refractivity contribution in [2.24, 2.45) is 0 Å². The van der Waals surface area contributed by atoms with E-state index < -0.39 is 11.9 Å².